The van der Waals surface area contributed by atoms with Gasteiger partial charge < -0.3 is 4.74 Å². The summed E-state index contributed by atoms with van der Waals surface area (Å²) >= 11 is 6.33. The Kier molecular flexibility index (Phi) is 8.20. The summed E-state index contributed by atoms with van der Waals surface area (Å²) in [5.41, 5.74) is 0.565. The number of ether oxygens (including phenoxy) is 1. The molecule has 2 nitrogen and oxygen atoms in total. The summed E-state index contributed by atoms with van der Waals surface area (Å²) in [6.07, 6.45) is 0. The first kappa shape index (κ1) is 13.5. The molecule has 66 valence electrons. The summed E-state index contributed by atoms with van der Waals surface area (Å²) in [5, 5.41) is 0. The van der Waals surface area contributed by atoms with E-state index in [2.05, 4.69) is 47.0 Å². The van der Waals surface area contributed by atoms with Crippen LogP contribution in [0.1, 0.15) is 10.4 Å². The quantitative estimate of drug-likeness (QED) is 0.310. The van der Waals surface area contributed by atoms with Crippen LogP contribution in [-0.4, -0.2) is 13.1 Å². The molecule has 0 aromatic heterocycles. The molecule has 0 aliphatic rings. The molecule has 0 aliphatic heterocycles. The van der Waals surface area contributed by atoms with E-state index in [4.69, 9.17) is 0 Å². The zero-order valence-corrected chi connectivity index (χ0v) is 13.7. The molecule has 0 saturated carbocycles. The van der Waals surface area contributed by atoms with Crippen molar-refractivity contribution in [2.45, 2.75) is 0 Å². The molecule has 0 aliphatic carbocycles. The third-order valence-electron chi connectivity index (χ3n) is 1.22. The summed E-state index contributed by atoms with van der Waals surface area (Å²) < 4.78 is 5.44. The molecule has 0 fully saturated rings. The number of methoxy groups -OCH3 is 1. The van der Waals surface area contributed by atoms with Crippen molar-refractivity contribution in [2.24, 2.45) is 0 Å². The van der Waals surface area contributed by atoms with E-state index in [9.17, 15) is 4.79 Å². The molecule has 0 bridgehead atoms. The Hall–Kier alpha value is 0.523. The molecule has 0 radical (unpaired) electrons. The second kappa shape index (κ2) is 7.88. The van der Waals surface area contributed by atoms with Crippen molar-refractivity contribution in [1.29, 1.82) is 0 Å². The van der Waals surface area contributed by atoms with Crippen LogP contribution in [0.2, 0.25) is 0 Å². The Balaban J connectivity index is 0.000000671. The fourth-order valence-electron chi connectivity index (χ4n) is 0.678. The minimum absolute atomic E-state index is 0.314. The van der Waals surface area contributed by atoms with Crippen LogP contribution in [0.3, 0.4) is 0 Å². The van der Waals surface area contributed by atoms with Gasteiger partial charge in [0.05, 0.1) is 7.11 Å². The second-order valence-corrected chi connectivity index (χ2v) is 3.06. The average Bonchev–Trinajstić information content (AvgIpc) is 2.20. The van der Waals surface area contributed by atoms with Crippen molar-refractivity contribution in [3.63, 3.8) is 0 Å². The molecule has 0 atom stereocenters. The molecule has 0 heterocycles. The van der Waals surface area contributed by atoms with E-state index < -0.39 is 0 Å². The van der Waals surface area contributed by atoms with Gasteiger partial charge in [0.2, 0.25) is 0 Å². The average molecular weight is 406 g/mol. The molecule has 1 aromatic rings. The van der Waals surface area contributed by atoms with Crippen LogP contribution < -0.4 is 0 Å². The number of esters is 1. The third kappa shape index (κ3) is 4.52. The first-order valence-electron chi connectivity index (χ1n) is 3.26. The van der Waals surface area contributed by atoms with Gasteiger partial charge in [-0.1, -0.05) is 26.2 Å². The van der Waals surface area contributed by atoms with Crippen molar-refractivity contribution in [3.8, 4) is 0 Å². The van der Waals surface area contributed by atoms with Gasteiger partial charge in [-0.25, -0.2) is 0 Å². The monoisotopic (exact) mass is 404 g/mol. The van der Waals surface area contributed by atoms with Gasteiger partial charge in [-0.15, -0.1) is 0 Å². The van der Waals surface area contributed by atoms with E-state index in [-0.39, 0.29) is 5.97 Å². The van der Waals surface area contributed by atoms with E-state index >= 15 is 0 Å². The van der Waals surface area contributed by atoms with Gasteiger partial charge in [-0.2, -0.15) is 24.3 Å². The molecule has 1 aromatic carbocycles. The maximum absolute atomic E-state index is 11.0. The van der Waals surface area contributed by atoms with Crippen LogP contribution >= 0.6 is 36.2 Å². The first-order valence-corrected chi connectivity index (χ1v) is 11.3. The summed E-state index contributed by atoms with van der Waals surface area (Å²) in [5.74, 6) is -0.314. The Morgan fingerprint density at radius 1 is 1.69 bits per heavy atom. The van der Waals surface area contributed by atoms with E-state index in [1.54, 1.807) is 12.1 Å². The van der Waals surface area contributed by atoms with Crippen LogP contribution in [0.25, 0.3) is 0 Å². The van der Waals surface area contributed by atoms with E-state index in [1.807, 2.05) is 6.07 Å². The molecule has 0 amide bonds. The van der Waals surface area contributed by atoms with Crippen molar-refractivity contribution in [2.75, 3.05) is 7.11 Å². The summed E-state index contributed by atoms with van der Waals surface area (Å²) in [7, 11) is 1.37. The predicted octanol–water partition coefficient (Wildman–Crippen LogP) is 2.72. The van der Waals surface area contributed by atoms with Gasteiger partial charge in [-0.3, -0.25) is 4.79 Å². The number of halogens is 2. The number of carbonyl (C=O) groups excluding carboxylic acids is 1. The van der Waals surface area contributed by atoms with Crippen molar-refractivity contribution < 1.29 is 25.9 Å². The van der Waals surface area contributed by atoms with Crippen LogP contribution in [0.15, 0.2) is 18.2 Å². The summed E-state index contributed by atoms with van der Waals surface area (Å²) in [6.45, 7) is 0. The number of carbonyl (C=O) groups is 1. The van der Waals surface area contributed by atoms with Gasteiger partial charge in [-0.05, 0) is 5.56 Å². The summed E-state index contributed by atoms with van der Waals surface area (Å²) in [4.78, 5) is 11.0. The molecule has 1 rings (SSSR count). The topological polar surface area (TPSA) is 26.3 Å². The minimum atomic E-state index is -0.314. The van der Waals surface area contributed by atoms with Crippen molar-refractivity contribution in [3.05, 3.63) is 33.4 Å². The third-order valence-corrected chi connectivity index (χ3v) is 2.16. The molecular formula is C8H6BrIO2Zn. The number of hydrogen-bond donors (Lipinski definition) is 0. The Labute approximate surface area is 108 Å². The maximum atomic E-state index is 11.0. The van der Waals surface area contributed by atoms with Gasteiger partial charge >= 0.3 is 30.0 Å². The summed E-state index contributed by atoms with van der Waals surface area (Å²) in [6, 6.07) is 8.00. The standard InChI is InChI=1S/C8H6IO2.BrH.Zn/c1-11-8(10)6-4-2-3-5-7(6)9;;/h3-5H,1H3;1H;/q-1;;+2/p-1. The first-order chi connectivity index (χ1) is 6.25. The molecule has 0 saturated heterocycles. The van der Waals surface area contributed by atoms with Crippen LogP contribution in [0.5, 0.6) is 0 Å². The zero-order valence-electron chi connectivity index (χ0n) is 7.01. The number of hydrogen-bond acceptors (Lipinski definition) is 2. The second-order valence-electron chi connectivity index (χ2n) is 1.90. The fourth-order valence-corrected chi connectivity index (χ4v) is 1.23. The molecular weight excluding hydrogens is 400 g/mol. The van der Waals surface area contributed by atoms with Crippen LogP contribution in [0, 0.1) is 9.64 Å². The molecule has 0 spiro atoms. The normalized spacial score (nSPS) is 8.38. The van der Waals surface area contributed by atoms with E-state index in [0.717, 1.165) is 3.57 Å². The predicted molar refractivity (Wildman–Crippen MR) is 58.3 cm³/mol. The van der Waals surface area contributed by atoms with Gasteiger partial charge in [0.15, 0.2) is 0 Å². The van der Waals surface area contributed by atoms with Gasteiger partial charge in [0, 0.05) is 0 Å². The Bertz CT molecular complexity index is 281. The van der Waals surface area contributed by atoms with Crippen molar-refractivity contribution >= 4 is 42.2 Å². The van der Waals surface area contributed by atoms with E-state index in [1.165, 1.54) is 23.5 Å². The SMILES string of the molecule is COC(=O)c1c[c-]ccc1I.[Zn+][Br]. The van der Waals surface area contributed by atoms with E-state index in [0.29, 0.717) is 5.56 Å². The Morgan fingerprint density at radius 3 is 2.77 bits per heavy atom. The fraction of sp³-hybridized carbons (Fsp3) is 0.125. The molecule has 5 heteroatoms. The van der Waals surface area contributed by atoms with Crippen LogP contribution in [-0.2, 0) is 21.1 Å². The van der Waals surface area contributed by atoms with Crippen LogP contribution in [0.4, 0.5) is 0 Å². The molecule has 0 N–H and O–H groups in total. The number of benzene rings is 1. The Morgan fingerprint density at radius 2 is 2.31 bits per heavy atom. The van der Waals surface area contributed by atoms with Gasteiger partial charge in [0.1, 0.15) is 0 Å². The molecule has 0 unspecified atom stereocenters. The number of rotatable bonds is 1. The van der Waals surface area contributed by atoms with Crippen molar-refractivity contribution in [1.82, 2.24) is 0 Å². The zero-order chi connectivity index (χ0) is 10.3. The van der Waals surface area contributed by atoms with Gasteiger partial charge in [0.25, 0.3) is 5.97 Å². The molecule has 13 heavy (non-hydrogen) atoms.